The average molecular weight is 551 g/mol. The van der Waals surface area contributed by atoms with Gasteiger partial charge in [-0.2, -0.15) is 0 Å². The predicted octanol–water partition coefficient (Wildman–Crippen LogP) is 3.09. The molecule has 0 spiro atoms. The minimum atomic E-state index is -0.329. The number of amides is 1. The highest BCUT2D eigenvalue weighted by atomic mass is 127. The van der Waals surface area contributed by atoms with Crippen molar-refractivity contribution in [1.29, 1.82) is 0 Å². The van der Waals surface area contributed by atoms with Crippen LogP contribution in [0.25, 0.3) is 0 Å². The first-order valence-corrected chi connectivity index (χ1v) is 10.6. The Morgan fingerprint density at radius 1 is 1.20 bits per heavy atom. The van der Waals surface area contributed by atoms with Gasteiger partial charge in [0.05, 0.1) is 10.4 Å². The second-order valence-electron chi connectivity index (χ2n) is 7.89. The third kappa shape index (κ3) is 5.84. The predicted molar refractivity (Wildman–Crippen MR) is 131 cm³/mol. The molecule has 3 rings (SSSR count). The molecule has 168 valence electrons. The van der Waals surface area contributed by atoms with Crippen LogP contribution in [-0.4, -0.2) is 64.2 Å². The molecule has 0 bridgehead atoms. The molecule has 9 heteroatoms. The number of benzene rings is 1. The molecule has 30 heavy (non-hydrogen) atoms. The number of carbonyl (C=O) groups excluding carboxylic acids is 1. The topological polar surface area (TPSA) is 75.2 Å². The van der Waals surface area contributed by atoms with Crippen LogP contribution in [-0.2, 0) is 11.2 Å². The maximum Gasteiger partial charge on any atom is 0.230 e. The fourth-order valence-corrected chi connectivity index (χ4v) is 4.39. The van der Waals surface area contributed by atoms with Crippen LogP contribution in [0.15, 0.2) is 17.1 Å². The number of rotatable bonds is 6. The standard InChI is InChI=1S/C21H31ClN4O3.HI/c1-23-20(25-14-21(7-4-5-8-21)19(27)26(2)3)24-9-6-15-12-16(22)18-17(13-15)28-10-11-29-18;/h12-13H,4-11,14H2,1-3H3,(H2,23,24,25);1H. The molecule has 1 aliphatic carbocycles. The number of nitrogens with zero attached hydrogens (tertiary/aromatic N) is 2. The van der Waals surface area contributed by atoms with Crippen LogP contribution in [0, 0.1) is 5.41 Å². The number of ether oxygens (including phenoxy) is 2. The van der Waals surface area contributed by atoms with E-state index in [-0.39, 0.29) is 35.3 Å². The second kappa shape index (κ2) is 11.3. The first kappa shape index (κ1) is 24.8. The van der Waals surface area contributed by atoms with E-state index in [1.807, 2.05) is 26.2 Å². The first-order chi connectivity index (χ1) is 13.9. The van der Waals surface area contributed by atoms with Crippen LogP contribution in [0.2, 0.25) is 5.02 Å². The maximum atomic E-state index is 12.7. The van der Waals surface area contributed by atoms with Gasteiger partial charge in [0.15, 0.2) is 17.5 Å². The Morgan fingerprint density at radius 2 is 1.90 bits per heavy atom. The third-order valence-corrected chi connectivity index (χ3v) is 5.88. The van der Waals surface area contributed by atoms with Crippen molar-refractivity contribution in [3.8, 4) is 11.5 Å². The lowest BCUT2D eigenvalue weighted by Crippen LogP contribution is -2.49. The van der Waals surface area contributed by atoms with E-state index in [2.05, 4.69) is 15.6 Å². The van der Waals surface area contributed by atoms with E-state index < -0.39 is 0 Å². The van der Waals surface area contributed by atoms with E-state index in [1.165, 1.54) is 0 Å². The molecule has 1 aliphatic heterocycles. The molecule has 2 N–H and O–H groups in total. The fourth-order valence-electron chi connectivity index (χ4n) is 4.10. The van der Waals surface area contributed by atoms with Gasteiger partial charge in [-0.3, -0.25) is 9.79 Å². The largest absolute Gasteiger partial charge is 0.486 e. The Labute approximate surface area is 200 Å². The van der Waals surface area contributed by atoms with E-state index in [9.17, 15) is 4.79 Å². The number of halogens is 2. The Morgan fingerprint density at radius 3 is 2.57 bits per heavy atom. The monoisotopic (exact) mass is 550 g/mol. The van der Waals surface area contributed by atoms with Crippen molar-refractivity contribution in [2.75, 3.05) is 47.4 Å². The molecule has 1 heterocycles. The molecule has 0 atom stereocenters. The van der Waals surface area contributed by atoms with E-state index in [1.54, 1.807) is 11.9 Å². The van der Waals surface area contributed by atoms with Crippen LogP contribution in [0.1, 0.15) is 31.2 Å². The van der Waals surface area contributed by atoms with Gasteiger partial charge in [0.2, 0.25) is 5.91 Å². The molecule has 0 radical (unpaired) electrons. The van der Waals surface area contributed by atoms with Gasteiger partial charge in [0.1, 0.15) is 13.2 Å². The molecule has 0 aromatic heterocycles. The molecular formula is C21H32ClIN4O3. The molecule has 1 aromatic carbocycles. The van der Waals surface area contributed by atoms with Gasteiger partial charge in [-0.25, -0.2) is 0 Å². The molecular weight excluding hydrogens is 519 g/mol. The van der Waals surface area contributed by atoms with Crippen LogP contribution >= 0.6 is 35.6 Å². The fraction of sp³-hybridized carbons (Fsp3) is 0.619. The molecule has 1 fully saturated rings. The van der Waals surface area contributed by atoms with E-state index in [4.69, 9.17) is 21.1 Å². The summed E-state index contributed by atoms with van der Waals surface area (Å²) in [6, 6.07) is 3.89. The summed E-state index contributed by atoms with van der Waals surface area (Å²) in [4.78, 5) is 18.7. The number of guanidine groups is 1. The zero-order valence-corrected chi connectivity index (χ0v) is 21.0. The SMILES string of the molecule is CN=C(NCCc1cc(Cl)c2c(c1)OCCO2)NCC1(C(=O)N(C)C)CCCC1.I. The zero-order chi connectivity index (χ0) is 20.9. The number of carbonyl (C=O) groups is 1. The summed E-state index contributed by atoms with van der Waals surface area (Å²) in [5.74, 6) is 2.22. The van der Waals surface area contributed by atoms with Gasteiger partial charge in [0, 0.05) is 34.2 Å². The van der Waals surface area contributed by atoms with Crippen molar-refractivity contribution < 1.29 is 14.3 Å². The van der Waals surface area contributed by atoms with E-state index in [0.717, 1.165) is 37.7 Å². The summed E-state index contributed by atoms with van der Waals surface area (Å²) in [7, 11) is 5.40. The van der Waals surface area contributed by atoms with Crippen molar-refractivity contribution in [2.45, 2.75) is 32.1 Å². The minimum absolute atomic E-state index is 0. The van der Waals surface area contributed by atoms with Crippen LogP contribution in [0.3, 0.4) is 0 Å². The van der Waals surface area contributed by atoms with Gasteiger partial charge in [-0.05, 0) is 37.0 Å². The highest BCUT2D eigenvalue weighted by molar-refractivity contribution is 14.0. The van der Waals surface area contributed by atoms with Crippen LogP contribution in [0.5, 0.6) is 11.5 Å². The normalized spacial score (nSPS) is 17.1. The zero-order valence-electron chi connectivity index (χ0n) is 17.9. The highest BCUT2D eigenvalue weighted by Crippen LogP contribution is 2.39. The lowest BCUT2D eigenvalue weighted by Gasteiger charge is -2.31. The summed E-state index contributed by atoms with van der Waals surface area (Å²) in [5, 5.41) is 7.26. The minimum Gasteiger partial charge on any atom is -0.486 e. The van der Waals surface area contributed by atoms with Gasteiger partial charge in [-0.15, -0.1) is 24.0 Å². The lowest BCUT2D eigenvalue weighted by atomic mass is 9.84. The molecule has 0 saturated heterocycles. The van der Waals surface area contributed by atoms with Gasteiger partial charge < -0.3 is 25.0 Å². The van der Waals surface area contributed by atoms with Crippen LogP contribution < -0.4 is 20.1 Å². The number of nitrogens with one attached hydrogen (secondary N) is 2. The number of hydrogen-bond donors (Lipinski definition) is 2. The molecule has 0 unspecified atom stereocenters. The molecule has 1 saturated carbocycles. The van der Waals surface area contributed by atoms with Crippen molar-refractivity contribution in [3.63, 3.8) is 0 Å². The highest BCUT2D eigenvalue weighted by Gasteiger charge is 2.42. The van der Waals surface area contributed by atoms with Crippen molar-refractivity contribution in [2.24, 2.45) is 10.4 Å². The Kier molecular flexibility index (Phi) is 9.33. The Hall–Kier alpha value is -1.42. The third-order valence-electron chi connectivity index (χ3n) is 5.60. The van der Waals surface area contributed by atoms with Crippen LogP contribution in [0.4, 0.5) is 0 Å². The molecule has 2 aliphatic rings. The van der Waals surface area contributed by atoms with E-state index >= 15 is 0 Å². The van der Waals surface area contributed by atoms with E-state index in [0.29, 0.717) is 48.8 Å². The number of fused-ring (bicyclic) bond motifs is 1. The second-order valence-corrected chi connectivity index (χ2v) is 8.30. The maximum absolute atomic E-state index is 12.7. The quantitative estimate of drug-likeness (QED) is 0.324. The first-order valence-electron chi connectivity index (χ1n) is 10.2. The van der Waals surface area contributed by atoms with Crippen molar-refractivity contribution in [1.82, 2.24) is 15.5 Å². The average Bonchev–Trinajstić information content (AvgIpc) is 3.20. The number of hydrogen-bond acceptors (Lipinski definition) is 4. The molecule has 1 amide bonds. The molecule has 1 aromatic rings. The lowest BCUT2D eigenvalue weighted by molar-refractivity contribution is -0.138. The Bertz CT molecular complexity index is 767. The summed E-state index contributed by atoms with van der Waals surface area (Å²) >= 11 is 6.31. The van der Waals surface area contributed by atoms with Gasteiger partial charge >= 0.3 is 0 Å². The van der Waals surface area contributed by atoms with Gasteiger partial charge in [0.25, 0.3) is 0 Å². The Balaban J connectivity index is 0.00000320. The van der Waals surface area contributed by atoms with Crippen molar-refractivity contribution in [3.05, 3.63) is 22.7 Å². The van der Waals surface area contributed by atoms with Crippen molar-refractivity contribution >= 4 is 47.4 Å². The summed E-state index contributed by atoms with van der Waals surface area (Å²) in [5.41, 5.74) is 0.738. The number of aliphatic imine (C=N–C) groups is 1. The summed E-state index contributed by atoms with van der Waals surface area (Å²) < 4.78 is 11.2. The summed E-state index contributed by atoms with van der Waals surface area (Å²) in [6.07, 6.45) is 4.79. The van der Waals surface area contributed by atoms with Gasteiger partial charge in [-0.1, -0.05) is 24.4 Å². The molecule has 7 nitrogen and oxygen atoms in total. The smallest absolute Gasteiger partial charge is 0.230 e. The summed E-state index contributed by atoms with van der Waals surface area (Å²) in [6.45, 7) is 2.34.